The first kappa shape index (κ1) is 21.2. The van der Waals surface area contributed by atoms with Crippen LogP contribution in [0.2, 0.25) is 0 Å². The van der Waals surface area contributed by atoms with Crippen molar-refractivity contribution in [3.63, 3.8) is 0 Å². The minimum atomic E-state index is 0.827. The van der Waals surface area contributed by atoms with Gasteiger partial charge in [-0.2, -0.15) is 0 Å². The number of pyridine rings is 3. The lowest BCUT2D eigenvalue weighted by molar-refractivity contribution is 1.07. The first-order valence-electron chi connectivity index (χ1n) is 12.3. The molecule has 0 aliphatic heterocycles. The Morgan fingerprint density at radius 1 is 0.459 bits per heavy atom. The number of benzene rings is 3. The van der Waals surface area contributed by atoms with Crippen molar-refractivity contribution >= 4 is 21.8 Å². The molecule has 4 heteroatoms. The summed E-state index contributed by atoms with van der Waals surface area (Å²) in [5.41, 5.74) is 8.16. The summed E-state index contributed by atoms with van der Waals surface area (Å²) in [6.07, 6.45) is 3.74. The van der Waals surface area contributed by atoms with Crippen LogP contribution in [0.5, 0.6) is 0 Å². The zero-order valence-electron chi connectivity index (χ0n) is 20.0. The molecule has 0 unspecified atom stereocenters. The van der Waals surface area contributed by atoms with E-state index in [1.165, 1.54) is 16.5 Å². The molecule has 0 N–H and O–H groups in total. The summed E-state index contributed by atoms with van der Waals surface area (Å²) >= 11 is 0. The van der Waals surface area contributed by atoms with Gasteiger partial charge in [0.15, 0.2) is 0 Å². The van der Waals surface area contributed by atoms with Gasteiger partial charge in [-0.05, 0) is 53.6 Å². The number of para-hydroxylation sites is 1. The lowest BCUT2D eigenvalue weighted by Gasteiger charge is -2.10. The molecule has 0 radical (unpaired) electrons. The Morgan fingerprint density at radius 3 is 2.05 bits per heavy atom. The molecule has 0 saturated heterocycles. The van der Waals surface area contributed by atoms with Crippen molar-refractivity contribution in [2.24, 2.45) is 0 Å². The van der Waals surface area contributed by atoms with Gasteiger partial charge < -0.3 is 0 Å². The third kappa shape index (κ3) is 3.76. The molecule has 0 bridgehead atoms. The molecule has 0 spiro atoms. The van der Waals surface area contributed by atoms with Crippen LogP contribution in [0.1, 0.15) is 0 Å². The van der Waals surface area contributed by atoms with E-state index in [2.05, 4.69) is 94.5 Å². The Hall–Kier alpha value is -5.09. The van der Waals surface area contributed by atoms with E-state index in [9.17, 15) is 0 Å². The van der Waals surface area contributed by atoms with E-state index in [1.807, 2.05) is 48.8 Å². The zero-order valence-corrected chi connectivity index (χ0v) is 20.0. The first-order chi connectivity index (χ1) is 18.3. The maximum atomic E-state index is 5.06. The number of hydrogen-bond acceptors (Lipinski definition) is 3. The first-order valence-corrected chi connectivity index (χ1v) is 12.3. The van der Waals surface area contributed by atoms with Crippen molar-refractivity contribution in [2.75, 3.05) is 0 Å². The van der Waals surface area contributed by atoms with E-state index in [4.69, 9.17) is 9.97 Å². The summed E-state index contributed by atoms with van der Waals surface area (Å²) in [6, 6.07) is 41.6. The molecule has 7 aromatic rings. The number of rotatable bonds is 4. The van der Waals surface area contributed by atoms with Crippen molar-refractivity contribution < 1.29 is 0 Å². The standard InChI is InChI=1S/C33H22N4/c1-2-9-23(10-3-1)24-11-6-12-25(21-24)28-14-7-15-29(35-28)30-16-8-18-33(36-30)37-31-17-5-4-13-26(31)27-19-20-34-22-32(27)37/h1-22H. The summed E-state index contributed by atoms with van der Waals surface area (Å²) in [7, 11) is 0. The highest BCUT2D eigenvalue weighted by molar-refractivity contribution is 6.08. The average molecular weight is 475 g/mol. The molecule has 174 valence electrons. The largest absolute Gasteiger partial charge is 0.292 e. The van der Waals surface area contributed by atoms with Crippen LogP contribution in [0.4, 0.5) is 0 Å². The fourth-order valence-corrected chi connectivity index (χ4v) is 4.98. The molecule has 0 saturated carbocycles. The smallest absolute Gasteiger partial charge is 0.138 e. The maximum Gasteiger partial charge on any atom is 0.138 e. The van der Waals surface area contributed by atoms with E-state index in [0.29, 0.717) is 0 Å². The van der Waals surface area contributed by atoms with E-state index < -0.39 is 0 Å². The van der Waals surface area contributed by atoms with Crippen molar-refractivity contribution in [3.8, 4) is 39.6 Å². The minimum Gasteiger partial charge on any atom is -0.292 e. The molecule has 0 atom stereocenters. The summed E-state index contributed by atoms with van der Waals surface area (Å²) in [5.74, 6) is 0.843. The molecule has 7 rings (SSSR count). The van der Waals surface area contributed by atoms with Crippen molar-refractivity contribution in [2.45, 2.75) is 0 Å². The normalized spacial score (nSPS) is 11.2. The second-order valence-electron chi connectivity index (χ2n) is 8.98. The van der Waals surface area contributed by atoms with Crippen molar-refractivity contribution in [1.29, 1.82) is 0 Å². The fraction of sp³-hybridized carbons (Fsp3) is 0. The Balaban J connectivity index is 1.32. The van der Waals surface area contributed by atoms with Gasteiger partial charge in [-0.3, -0.25) is 9.55 Å². The Labute approximate surface area is 214 Å². The Morgan fingerprint density at radius 2 is 1.14 bits per heavy atom. The molecule has 4 aromatic heterocycles. The maximum absolute atomic E-state index is 5.06. The van der Waals surface area contributed by atoms with Crippen LogP contribution < -0.4 is 0 Å². The predicted octanol–water partition coefficient (Wildman–Crippen LogP) is 7.97. The molecule has 0 aliphatic carbocycles. The third-order valence-corrected chi connectivity index (χ3v) is 6.72. The number of aromatic nitrogens is 4. The van der Waals surface area contributed by atoms with Gasteiger partial charge in [-0.1, -0.05) is 78.9 Å². The molecule has 3 aromatic carbocycles. The molecule has 37 heavy (non-hydrogen) atoms. The second-order valence-corrected chi connectivity index (χ2v) is 8.98. The lowest BCUT2D eigenvalue weighted by Crippen LogP contribution is -1.99. The highest BCUT2D eigenvalue weighted by atomic mass is 15.1. The van der Waals surface area contributed by atoms with Gasteiger partial charge >= 0.3 is 0 Å². The van der Waals surface area contributed by atoms with Crippen LogP contribution in [0.25, 0.3) is 61.4 Å². The highest BCUT2D eigenvalue weighted by Gasteiger charge is 2.14. The van der Waals surface area contributed by atoms with Gasteiger partial charge in [0, 0.05) is 22.5 Å². The van der Waals surface area contributed by atoms with Gasteiger partial charge in [0.1, 0.15) is 5.82 Å². The number of fused-ring (bicyclic) bond motifs is 3. The molecule has 4 nitrogen and oxygen atoms in total. The van der Waals surface area contributed by atoms with Gasteiger partial charge in [-0.15, -0.1) is 0 Å². The average Bonchev–Trinajstić information content (AvgIpc) is 3.32. The van der Waals surface area contributed by atoms with E-state index in [-0.39, 0.29) is 0 Å². The predicted molar refractivity (Wildman–Crippen MR) is 150 cm³/mol. The summed E-state index contributed by atoms with van der Waals surface area (Å²) in [6.45, 7) is 0. The molecular formula is C33H22N4. The van der Waals surface area contributed by atoms with Crippen molar-refractivity contribution in [1.82, 2.24) is 19.5 Å². The fourth-order valence-electron chi connectivity index (χ4n) is 4.98. The molecule has 0 fully saturated rings. The summed E-state index contributed by atoms with van der Waals surface area (Å²) < 4.78 is 2.17. The topological polar surface area (TPSA) is 43.6 Å². The van der Waals surface area contributed by atoms with Crippen LogP contribution in [0.15, 0.2) is 134 Å². The van der Waals surface area contributed by atoms with Gasteiger partial charge in [0.05, 0.1) is 34.3 Å². The number of hydrogen-bond donors (Lipinski definition) is 0. The van der Waals surface area contributed by atoms with Crippen LogP contribution in [-0.2, 0) is 0 Å². The van der Waals surface area contributed by atoms with Gasteiger partial charge in [0.2, 0.25) is 0 Å². The molecular weight excluding hydrogens is 452 g/mol. The van der Waals surface area contributed by atoms with Crippen LogP contribution >= 0.6 is 0 Å². The Kier molecular flexibility index (Phi) is 5.07. The summed E-state index contributed by atoms with van der Waals surface area (Å²) in [5, 5.41) is 2.35. The summed E-state index contributed by atoms with van der Waals surface area (Å²) in [4.78, 5) is 14.5. The monoisotopic (exact) mass is 474 g/mol. The highest BCUT2D eigenvalue weighted by Crippen LogP contribution is 2.32. The van der Waals surface area contributed by atoms with E-state index in [0.717, 1.165) is 44.9 Å². The second kappa shape index (κ2) is 8.85. The quantitative estimate of drug-likeness (QED) is 0.260. The van der Waals surface area contributed by atoms with E-state index >= 15 is 0 Å². The molecule has 0 aliphatic rings. The van der Waals surface area contributed by atoms with Crippen LogP contribution in [0, 0.1) is 0 Å². The van der Waals surface area contributed by atoms with Gasteiger partial charge in [0.25, 0.3) is 0 Å². The van der Waals surface area contributed by atoms with E-state index in [1.54, 1.807) is 0 Å². The SMILES string of the molecule is c1ccc(-c2cccc(-c3cccc(-c4cccc(-n5c6ccccc6c6ccncc65)n4)n3)c2)cc1. The Bertz CT molecular complexity index is 1830. The zero-order chi connectivity index (χ0) is 24.6. The van der Waals surface area contributed by atoms with Crippen molar-refractivity contribution in [3.05, 3.63) is 134 Å². The number of nitrogens with zero attached hydrogens (tertiary/aromatic N) is 4. The minimum absolute atomic E-state index is 0.827. The molecule has 4 heterocycles. The van der Waals surface area contributed by atoms with Crippen LogP contribution in [-0.4, -0.2) is 19.5 Å². The lowest BCUT2D eigenvalue weighted by atomic mass is 10.0. The third-order valence-electron chi connectivity index (χ3n) is 6.72. The van der Waals surface area contributed by atoms with Gasteiger partial charge in [-0.25, -0.2) is 9.97 Å². The molecule has 0 amide bonds. The van der Waals surface area contributed by atoms with Crippen LogP contribution in [0.3, 0.4) is 0 Å².